The lowest BCUT2D eigenvalue weighted by Gasteiger charge is -2.16. The number of ether oxygens (including phenoxy) is 1. The maximum Gasteiger partial charge on any atom is 0.387 e. The number of halogens is 4. The highest BCUT2D eigenvalue weighted by atomic mass is 35.5. The molecule has 0 bridgehead atoms. The van der Waals surface area contributed by atoms with Gasteiger partial charge in [0.2, 0.25) is 0 Å². The lowest BCUT2D eigenvalue weighted by Crippen LogP contribution is -2.37. The first-order valence-electron chi connectivity index (χ1n) is 7.17. The van der Waals surface area contributed by atoms with Crippen LogP contribution in [0.25, 0.3) is 0 Å². The minimum Gasteiger partial charge on any atom is -0.433 e. The van der Waals surface area contributed by atoms with Crippen LogP contribution in [0.5, 0.6) is 5.75 Å². The molecule has 0 aliphatic heterocycles. The van der Waals surface area contributed by atoms with Gasteiger partial charge in [0.15, 0.2) is 5.96 Å². The van der Waals surface area contributed by atoms with Crippen molar-refractivity contribution in [3.8, 4) is 5.75 Å². The second-order valence-electron chi connectivity index (χ2n) is 5.09. The summed E-state index contributed by atoms with van der Waals surface area (Å²) in [6.07, 6.45) is 1.57. The molecule has 0 amide bonds. The van der Waals surface area contributed by atoms with Crippen LogP contribution >= 0.6 is 23.2 Å². The number of hydrogen-bond acceptors (Lipinski definition) is 4. The van der Waals surface area contributed by atoms with Gasteiger partial charge in [0.25, 0.3) is 0 Å². The average molecular weight is 418 g/mol. The molecular weight excluding hydrogens is 399 g/mol. The largest absolute Gasteiger partial charge is 0.433 e. The fourth-order valence-electron chi connectivity index (χ4n) is 1.91. The fraction of sp³-hybridized carbons (Fsp3) is 0.500. The Kier molecular flexibility index (Phi) is 8.67. The van der Waals surface area contributed by atoms with Crippen LogP contribution in [0.3, 0.4) is 0 Å². The third-order valence-corrected chi connectivity index (χ3v) is 4.48. The van der Waals surface area contributed by atoms with E-state index in [2.05, 4.69) is 20.4 Å². The molecule has 11 heteroatoms. The van der Waals surface area contributed by atoms with Gasteiger partial charge in [-0.05, 0) is 18.6 Å². The zero-order chi connectivity index (χ0) is 19.0. The Bertz CT molecular complexity index is 716. The van der Waals surface area contributed by atoms with Gasteiger partial charge < -0.3 is 15.4 Å². The first-order chi connectivity index (χ1) is 11.6. The predicted octanol–water partition coefficient (Wildman–Crippen LogP) is 2.69. The summed E-state index contributed by atoms with van der Waals surface area (Å²) in [6.45, 7) is -2.57. The minimum atomic E-state index is -3.03. The molecule has 142 valence electrons. The maximum absolute atomic E-state index is 12.5. The van der Waals surface area contributed by atoms with Crippen molar-refractivity contribution in [3.63, 3.8) is 0 Å². The number of sulfone groups is 1. The Morgan fingerprint density at radius 3 is 2.56 bits per heavy atom. The molecule has 0 radical (unpaired) electrons. The third kappa shape index (κ3) is 8.55. The first kappa shape index (κ1) is 21.7. The zero-order valence-electron chi connectivity index (χ0n) is 13.7. The van der Waals surface area contributed by atoms with E-state index >= 15 is 0 Å². The molecule has 0 saturated heterocycles. The molecule has 0 aliphatic rings. The molecule has 2 N–H and O–H groups in total. The molecule has 0 heterocycles. The average Bonchev–Trinajstić information content (AvgIpc) is 2.48. The number of nitrogens with one attached hydrogen (secondary N) is 2. The van der Waals surface area contributed by atoms with Crippen molar-refractivity contribution in [2.45, 2.75) is 19.6 Å². The van der Waals surface area contributed by atoms with E-state index in [-0.39, 0.29) is 28.1 Å². The Morgan fingerprint density at radius 1 is 1.32 bits per heavy atom. The zero-order valence-corrected chi connectivity index (χ0v) is 16.0. The number of alkyl halides is 2. The molecule has 0 atom stereocenters. The van der Waals surface area contributed by atoms with Crippen LogP contribution < -0.4 is 15.4 Å². The monoisotopic (exact) mass is 417 g/mol. The van der Waals surface area contributed by atoms with Crippen molar-refractivity contribution < 1.29 is 21.9 Å². The van der Waals surface area contributed by atoms with Crippen LogP contribution in [0.2, 0.25) is 10.0 Å². The number of hydrogen-bond donors (Lipinski definition) is 2. The van der Waals surface area contributed by atoms with Gasteiger partial charge in [0, 0.05) is 37.0 Å². The van der Waals surface area contributed by atoms with Crippen LogP contribution in [0.1, 0.15) is 12.0 Å². The van der Waals surface area contributed by atoms with E-state index in [4.69, 9.17) is 23.2 Å². The Labute approximate surface area is 155 Å². The predicted molar refractivity (Wildman–Crippen MR) is 95.6 cm³/mol. The molecule has 0 saturated carbocycles. The van der Waals surface area contributed by atoms with E-state index in [0.717, 1.165) is 6.26 Å². The molecule has 6 nitrogen and oxygen atoms in total. The topological polar surface area (TPSA) is 79.8 Å². The van der Waals surface area contributed by atoms with Crippen LogP contribution in [-0.2, 0) is 16.4 Å². The van der Waals surface area contributed by atoms with Crippen molar-refractivity contribution >= 4 is 39.0 Å². The van der Waals surface area contributed by atoms with Gasteiger partial charge in [-0.15, -0.1) is 0 Å². The van der Waals surface area contributed by atoms with Gasteiger partial charge in [0.05, 0.1) is 10.8 Å². The van der Waals surface area contributed by atoms with E-state index in [1.54, 1.807) is 0 Å². The van der Waals surface area contributed by atoms with Gasteiger partial charge in [-0.1, -0.05) is 23.2 Å². The summed E-state index contributed by atoms with van der Waals surface area (Å²) < 4.78 is 51.6. The number of aliphatic imine (C=N–C) groups is 1. The van der Waals surface area contributed by atoms with Gasteiger partial charge in [-0.3, -0.25) is 4.99 Å². The molecule has 0 aliphatic carbocycles. The summed E-state index contributed by atoms with van der Waals surface area (Å²) in [6, 6.07) is 2.76. The molecule has 0 spiro atoms. The molecule has 0 aromatic heterocycles. The quantitative estimate of drug-likeness (QED) is 0.386. The molecule has 1 aromatic rings. The fourth-order valence-corrected chi connectivity index (χ4v) is 3.16. The lowest BCUT2D eigenvalue weighted by molar-refractivity contribution is -0.0504. The summed E-state index contributed by atoms with van der Waals surface area (Å²) in [5, 5.41) is 6.07. The van der Waals surface area contributed by atoms with Crippen molar-refractivity contribution in [1.82, 2.24) is 10.6 Å². The Balaban J connectivity index is 2.68. The maximum atomic E-state index is 12.5. The summed E-state index contributed by atoms with van der Waals surface area (Å²) in [4.78, 5) is 3.96. The van der Waals surface area contributed by atoms with E-state index in [0.29, 0.717) is 24.5 Å². The third-order valence-electron chi connectivity index (χ3n) is 2.95. The van der Waals surface area contributed by atoms with Crippen LogP contribution in [0, 0.1) is 0 Å². The Hall–Kier alpha value is -1.32. The highest BCUT2D eigenvalue weighted by molar-refractivity contribution is 7.90. The Morgan fingerprint density at radius 2 is 2.00 bits per heavy atom. The van der Waals surface area contributed by atoms with Crippen molar-refractivity contribution in [1.29, 1.82) is 0 Å². The van der Waals surface area contributed by atoms with Crippen LogP contribution in [-0.4, -0.2) is 46.6 Å². The lowest BCUT2D eigenvalue weighted by atomic mass is 10.2. The molecule has 0 unspecified atom stereocenters. The smallest absolute Gasteiger partial charge is 0.387 e. The molecule has 1 rings (SSSR count). The normalized spacial score (nSPS) is 12.4. The number of nitrogens with zero attached hydrogens (tertiary/aromatic N) is 1. The van der Waals surface area contributed by atoms with Gasteiger partial charge >= 0.3 is 6.61 Å². The standard InChI is InChI=1S/C14H19Cl2F2N3O3S/c1-19-14(20-4-3-5-25(2,22)23)21-8-9-6-10(15)7-11(16)12(9)24-13(17)18/h6-7,13H,3-5,8H2,1-2H3,(H2,19,20,21). The summed E-state index contributed by atoms with van der Waals surface area (Å²) in [5.41, 5.74) is 0.330. The minimum absolute atomic E-state index is 0.0271. The summed E-state index contributed by atoms with van der Waals surface area (Å²) >= 11 is 11.8. The summed E-state index contributed by atoms with van der Waals surface area (Å²) in [7, 11) is -1.51. The van der Waals surface area contributed by atoms with Gasteiger partial charge in [-0.25, -0.2) is 8.42 Å². The molecular formula is C14H19Cl2F2N3O3S. The number of guanidine groups is 1. The van der Waals surface area contributed by atoms with Crippen molar-refractivity contribution in [2.24, 2.45) is 4.99 Å². The first-order valence-corrected chi connectivity index (χ1v) is 9.99. The second kappa shape index (κ2) is 9.98. The second-order valence-corrected chi connectivity index (χ2v) is 8.19. The van der Waals surface area contributed by atoms with Gasteiger partial charge in [-0.2, -0.15) is 8.78 Å². The van der Waals surface area contributed by atoms with Crippen LogP contribution in [0.15, 0.2) is 17.1 Å². The SMILES string of the molecule is CN=C(NCCCS(C)(=O)=O)NCc1cc(Cl)cc(Cl)c1OC(F)F. The van der Waals surface area contributed by atoms with E-state index in [9.17, 15) is 17.2 Å². The number of benzene rings is 1. The highest BCUT2D eigenvalue weighted by Crippen LogP contribution is 2.33. The van der Waals surface area contributed by atoms with Gasteiger partial charge in [0.1, 0.15) is 15.6 Å². The summed E-state index contributed by atoms with van der Waals surface area (Å²) in [5.74, 6) is 0.251. The van der Waals surface area contributed by atoms with E-state index in [1.807, 2.05) is 0 Å². The van der Waals surface area contributed by atoms with E-state index in [1.165, 1.54) is 19.2 Å². The molecule has 0 fully saturated rings. The van der Waals surface area contributed by atoms with Crippen molar-refractivity contribution in [3.05, 3.63) is 27.7 Å². The van der Waals surface area contributed by atoms with Crippen molar-refractivity contribution in [2.75, 3.05) is 25.6 Å². The van der Waals surface area contributed by atoms with Crippen LogP contribution in [0.4, 0.5) is 8.78 Å². The number of rotatable bonds is 8. The van der Waals surface area contributed by atoms with E-state index < -0.39 is 16.4 Å². The molecule has 1 aromatic carbocycles. The molecule has 25 heavy (non-hydrogen) atoms. The highest BCUT2D eigenvalue weighted by Gasteiger charge is 2.15.